The molecule has 4 nitrogen and oxygen atoms in total. The van der Waals surface area contributed by atoms with Gasteiger partial charge >= 0.3 is 0 Å². The lowest BCUT2D eigenvalue weighted by molar-refractivity contribution is -0.126. The van der Waals surface area contributed by atoms with Crippen molar-refractivity contribution in [2.24, 2.45) is 5.41 Å². The fourth-order valence-electron chi connectivity index (χ4n) is 1.36. The summed E-state index contributed by atoms with van der Waals surface area (Å²) in [6.45, 7) is 7.32. The number of hydrogen-bond acceptors (Lipinski definition) is 4. The Kier molecular flexibility index (Phi) is 6.79. The predicted molar refractivity (Wildman–Crippen MR) is 64.5 cm³/mol. The molecule has 0 aromatic heterocycles. The molecule has 0 heterocycles. The molecule has 0 rings (SSSR count). The van der Waals surface area contributed by atoms with Crippen molar-refractivity contribution in [1.29, 1.82) is 0 Å². The van der Waals surface area contributed by atoms with Gasteiger partial charge in [-0.25, -0.2) is 0 Å². The van der Waals surface area contributed by atoms with E-state index in [9.17, 15) is 9.90 Å². The van der Waals surface area contributed by atoms with Crippen LogP contribution in [0, 0.1) is 5.41 Å². The Labute approximate surface area is 98.6 Å². The number of carbonyl (C=O) groups is 1. The van der Waals surface area contributed by atoms with Gasteiger partial charge in [-0.3, -0.25) is 4.79 Å². The minimum atomic E-state index is -0.486. The number of nitrogens with zero attached hydrogens (tertiary/aromatic N) is 1. The van der Waals surface area contributed by atoms with E-state index in [1.165, 1.54) is 0 Å². The standard InChI is InChI=1S/C12H25NO3/c1-12(2,3)11(15)6-7-13(4)8-10(14)9-16-5/h10,14H,6-9H2,1-5H3. The summed E-state index contributed by atoms with van der Waals surface area (Å²) < 4.78 is 4.84. The van der Waals surface area contributed by atoms with Crippen molar-refractivity contribution in [3.8, 4) is 0 Å². The molecular weight excluding hydrogens is 206 g/mol. The van der Waals surface area contributed by atoms with E-state index in [1.807, 2.05) is 32.7 Å². The number of methoxy groups -OCH3 is 1. The van der Waals surface area contributed by atoms with Crippen LogP contribution in [0.1, 0.15) is 27.2 Å². The van der Waals surface area contributed by atoms with Crippen LogP contribution in [-0.2, 0) is 9.53 Å². The summed E-state index contributed by atoms with van der Waals surface area (Å²) in [6, 6.07) is 0. The second-order valence-corrected chi connectivity index (χ2v) is 5.29. The van der Waals surface area contributed by atoms with Gasteiger partial charge < -0.3 is 14.7 Å². The molecule has 0 aromatic rings. The molecule has 0 saturated carbocycles. The normalized spacial score (nSPS) is 14.2. The first kappa shape index (κ1) is 15.6. The molecule has 1 unspecified atom stereocenters. The molecule has 96 valence electrons. The van der Waals surface area contributed by atoms with Gasteiger partial charge in [0.15, 0.2) is 0 Å². The van der Waals surface area contributed by atoms with E-state index < -0.39 is 6.10 Å². The third-order valence-corrected chi connectivity index (χ3v) is 2.44. The van der Waals surface area contributed by atoms with Crippen molar-refractivity contribution < 1.29 is 14.6 Å². The number of rotatable bonds is 7. The first-order chi connectivity index (χ1) is 7.27. The topological polar surface area (TPSA) is 49.8 Å². The number of Topliss-reactive ketones (excluding diaryl/α,β-unsaturated/α-hetero) is 1. The minimum absolute atomic E-state index is 0.251. The molecule has 0 aliphatic carbocycles. The number of ketones is 1. The molecule has 0 fully saturated rings. The zero-order chi connectivity index (χ0) is 12.8. The van der Waals surface area contributed by atoms with Crippen molar-refractivity contribution in [2.75, 3.05) is 33.9 Å². The maximum atomic E-state index is 11.7. The highest BCUT2D eigenvalue weighted by molar-refractivity contribution is 5.83. The van der Waals surface area contributed by atoms with Crippen LogP contribution in [-0.4, -0.2) is 55.7 Å². The van der Waals surface area contributed by atoms with Gasteiger partial charge in [-0.15, -0.1) is 0 Å². The van der Waals surface area contributed by atoms with Crippen molar-refractivity contribution in [3.05, 3.63) is 0 Å². The van der Waals surface area contributed by atoms with Crippen molar-refractivity contribution >= 4 is 5.78 Å². The Morgan fingerprint density at radius 1 is 1.44 bits per heavy atom. The molecule has 0 aliphatic rings. The van der Waals surface area contributed by atoms with Gasteiger partial charge in [0.05, 0.1) is 12.7 Å². The lowest BCUT2D eigenvalue weighted by atomic mass is 9.89. The Hall–Kier alpha value is -0.450. The van der Waals surface area contributed by atoms with E-state index in [4.69, 9.17) is 4.74 Å². The van der Waals surface area contributed by atoms with Gasteiger partial charge in [-0.2, -0.15) is 0 Å². The van der Waals surface area contributed by atoms with E-state index in [1.54, 1.807) is 7.11 Å². The molecule has 1 N–H and O–H groups in total. The van der Waals surface area contributed by atoms with Crippen molar-refractivity contribution in [3.63, 3.8) is 0 Å². The fourth-order valence-corrected chi connectivity index (χ4v) is 1.36. The minimum Gasteiger partial charge on any atom is -0.389 e. The number of likely N-dealkylation sites (N-methyl/N-ethyl adjacent to an activating group) is 1. The molecule has 4 heteroatoms. The summed E-state index contributed by atoms with van der Waals surface area (Å²) in [6.07, 6.45) is 0.0411. The van der Waals surface area contributed by atoms with E-state index >= 15 is 0 Å². The van der Waals surface area contributed by atoms with E-state index in [2.05, 4.69) is 0 Å². The van der Waals surface area contributed by atoms with Gasteiger partial charge in [0.25, 0.3) is 0 Å². The summed E-state index contributed by atoms with van der Waals surface area (Å²) in [5.41, 5.74) is -0.272. The van der Waals surface area contributed by atoms with Crippen LogP contribution >= 0.6 is 0 Å². The smallest absolute Gasteiger partial charge is 0.139 e. The summed E-state index contributed by atoms with van der Waals surface area (Å²) >= 11 is 0. The average molecular weight is 231 g/mol. The van der Waals surface area contributed by atoms with E-state index in [-0.39, 0.29) is 11.2 Å². The predicted octanol–water partition coefficient (Wildman–Crippen LogP) is 0.931. The van der Waals surface area contributed by atoms with Gasteiger partial charge in [0.2, 0.25) is 0 Å². The Morgan fingerprint density at radius 2 is 2.00 bits per heavy atom. The molecule has 0 spiro atoms. The zero-order valence-corrected chi connectivity index (χ0v) is 11.1. The second kappa shape index (κ2) is 6.99. The highest BCUT2D eigenvalue weighted by Crippen LogP contribution is 2.16. The van der Waals surface area contributed by atoms with Crippen LogP contribution in [0.15, 0.2) is 0 Å². The number of carbonyl (C=O) groups excluding carboxylic acids is 1. The maximum Gasteiger partial charge on any atom is 0.139 e. The third kappa shape index (κ3) is 6.93. The van der Waals surface area contributed by atoms with Crippen LogP contribution in [0.2, 0.25) is 0 Å². The Balaban J connectivity index is 3.81. The first-order valence-electron chi connectivity index (χ1n) is 5.66. The molecule has 0 radical (unpaired) electrons. The van der Waals surface area contributed by atoms with Crippen molar-refractivity contribution in [1.82, 2.24) is 4.90 Å². The highest BCUT2D eigenvalue weighted by atomic mass is 16.5. The highest BCUT2D eigenvalue weighted by Gasteiger charge is 2.21. The molecule has 0 saturated heterocycles. The first-order valence-corrected chi connectivity index (χ1v) is 5.66. The van der Waals surface area contributed by atoms with Gasteiger partial charge in [0, 0.05) is 32.0 Å². The quantitative estimate of drug-likeness (QED) is 0.708. The van der Waals surface area contributed by atoms with Gasteiger partial charge in [-0.1, -0.05) is 20.8 Å². The summed E-state index contributed by atoms with van der Waals surface area (Å²) in [5, 5.41) is 9.49. The molecular formula is C12H25NO3. The SMILES string of the molecule is COCC(O)CN(C)CCC(=O)C(C)(C)C. The fraction of sp³-hybridized carbons (Fsp3) is 0.917. The van der Waals surface area contributed by atoms with Crippen molar-refractivity contribution in [2.45, 2.75) is 33.3 Å². The number of aliphatic hydroxyl groups excluding tert-OH is 1. The lowest BCUT2D eigenvalue weighted by Gasteiger charge is -2.22. The number of aliphatic hydroxyl groups is 1. The van der Waals surface area contributed by atoms with E-state index in [0.717, 1.165) is 0 Å². The van der Waals surface area contributed by atoms with Crippen LogP contribution < -0.4 is 0 Å². The molecule has 0 amide bonds. The second-order valence-electron chi connectivity index (χ2n) is 5.29. The summed E-state index contributed by atoms with van der Waals surface area (Å²) in [4.78, 5) is 13.6. The summed E-state index contributed by atoms with van der Waals surface area (Å²) in [7, 11) is 3.46. The lowest BCUT2D eigenvalue weighted by Crippen LogP contribution is -2.34. The molecule has 16 heavy (non-hydrogen) atoms. The molecule has 1 atom stereocenters. The third-order valence-electron chi connectivity index (χ3n) is 2.44. The van der Waals surface area contributed by atoms with E-state index in [0.29, 0.717) is 26.1 Å². The Morgan fingerprint density at radius 3 is 2.44 bits per heavy atom. The van der Waals surface area contributed by atoms with Crippen LogP contribution in [0.25, 0.3) is 0 Å². The molecule has 0 aliphatic heterocycles. The Bertz CT molecular complexity index is 211. The molecule has 0 bridgehead atoms. The average Bonchev–Trinajstić information content (AvgIpc) is 2.12. The largest absolute Gasteiger partial charge is 0.389 e. The number of hydrogen-bond donors (Lipinski definition) is 1. The molecule has 0 aromatic carbocycles. The van der Waals surface area contributed by atoms with Gasteiger partial charge in [0.1, 0.15) is 5.78 Å². The number of ether oxygens (including phenoxy) is 1. The van der Waals surface area contributed by atoms with Crippen LogP contribution in [0.5, 0.6) is 0 Å². The van der Waals surface area contributed by atoms with Crippen LogP contribution in [0.3, 0.4) is 0 Å². The monoisotopic (exact) mass is 231 g/mol. The van der Waals surface area contributed by atoms with Crippen LogP contribution in [0.4, 0.5) is 0 Å². The maximum absolute atomic E-state index is 11.7. The summed E-state index contributed by atoms with van der Waals surface area (Å²) in [5.74, 6) is 0.251. The van der Waals surface area contributed by atoms with Gasteiger partial charge in [-0.05, 0) is 7.05 Å². The zero-order valence-electron chi connectivity index (χ0n) is 11.1.